The SMILES string of the molecule is ClC1=CCN(c2ccc(Br)cc2)SC1. The first-order valence-corrected chi connectivity index (χ1v) is 6.37. The Balaban J connectivity index is 2.13. The smallest absolute Gasteiger partial charge is 0.0491 e. The van der Waals surface area contributed by atoms with Crippen molar-refractivity contribution < 1.29 is 0 Å². The van der Waals surface area contributed by atoms with Gasteiger partial charge in [-0.2, -0.15) is 0 Å². The van der Waals surface area contributed by atoms with Crippen molar-refractivity contribution in [3.63, 3.8) is 0 Å². The van der Waals surface area contributed by atoms with Crippen molar-refractivity contribution >= 4 is 45.2 Å². The fraction of sp³-hybridized carbons (Fsp3) is 0.200. The lowest BCUT2D eigenvalue weighted by Crippen LogP contribution is -2.18. The van der Waals surface area contributed by atoms with Crippen LogP contribution in [0.4, 0.5) is 5.69 Å². The second-order valence-corrected chi connectivity index (χ2v) is 5.35. The van der Waals surface area contributed by atoms with E-state index < -0.39 is 0 Å². The zero-order valence-electron chi connectivity index (χ0n) is 7.41. The van der Waals surface area contributed by atoms with Gasteiger partial charge in [-0.1, -0.05) is 27.5 Å². The van der Waals surface area contributed by atoms with Crippen LogP contribution >= 0.6 is 39.5 Å². The van der Waals surface area contributed by atoms with E-state index in [1.165, 1.54) is 5.69 Å². The molecule has 0 aromatic heterocycles. The quantitative estimate of drug-likeness (QED) is 0.718. The highest BCUT2D eigenvalue weighted by atomic mass is 79.9. The number of hydrogen-bond donors (Lipinski definition) is 0. The molecule has 14 heavy (non-hydrogen) atoms. The van der Waals surface area contributed by atoms with Gasteiger partial charge in [-0.25, -0.2) is 0 Å². The molecule has 0 N–H and O–H groups in total. The average Bonchev–Trinajstić information content (AvgIpc) is 2.21. The summed E-state index contributed by atoms with van der Waals surface area (Å²) in [7, 11) is 0. The monoisotopic (exact) mass is 289 g/mol. The molecule has 0 saturated carbocycles. The minimum Gasteiger partial charge on any atom is -0.312 e. The Hall–Kier alpha value is -0.120. The van der Waals surface area contributed by atoms with Gasteiger partial charge in [-0.3, -0.25) is 0 Å². The van der Waals surface area contributed by atoms with E-state index in [0.717, 1.165) is 21.8 Å². The summed E-state index contributed by atoms with van der Waals surface area (Å²) >= 11 is 11.1. The number of hydrogen-bond acceptors (Lipinski definition) is 2. The largest absolute Gasteiger partial charge is 0.312 e. The van der Waals surface area contributed by atoms with Crippen LogP contribution in [0.1, 0.15) is 0 Å². The molecule has 2 rings (SSSR count). The van der Waals surface area contributed by atoms with Crippen molar-refractivity contribution in [3.05, 3.63) is 39.8 Å². The lowest BCUT2D eigenvalue weighted by molar-refractivity contribution is 1.18. The summed E-state index contributed by atoms with van der Waals surface area (Å²) in [6.07, 6.45) is 2.06. The molecular weight excluding hydrogens is 282 g/mol. The molecule has 0 fully saturated rings. The number of nitrogens with zero attached hydrogens (tertiary/aromatic N) is 1. The lowest BCUT2D eigenvalue weighted by Gasteiger charge is -2.25. The third kappa shape index (κ3) is 2.47. The lowest BCUT2D eigenvalue weighted by atomic mass is 10.3. The van der Waals surface area contributed by atoms with Crippen LogP contribution in [0.2, 0.25) is 0 Å². The van der Waals surface area contributed by atoms with Gasteiger partial charge in [0.25, 0.3) is 0 Å². The van der Waals surface area contributed by atoms with Gasteiger partial charge in [0, 0.05) is 27.5 Å². The van der Waals surface area contributed by atoms with Gasteiger partial charge in [0.1, 0.15) is 0 Å². The number of benzene rings is 1. The number of halogens is 2. The van der Waals surface area contributed by atoms with Crippen LogP contribution in [0, 0.1) is 0 Å². The van der Waals surface area contributed by atoms with Crippen LogP contribution in [0.3, 0.4) is 0 Å². The minimum atomic E-state index is 0.873. The van der Waals surface area contributed by atoms with E-state index >= 15 is 0 Å². The molecule has 0 radical (unpaired) electrons. The van der Waals surface area contributed by atoms with E-state index in [1.807, 2.05) is 0 Å². The molecule has 1 aromatic carbocycles. The Morgan fingerprint density at radius 2 is 2.00 bits per heavy atom. The standard InChI is InChI=1S/C10H9BrClNS/c11-8-1-3-10(4-2-8)13-6-5-9(12)7-14-13/h1-5H,6-7H2. The fourth-order valence-corrected chi connectivity index (χ4v) is 2.55. The Kier molecular flexibility index (Phi) is 3.42. The summed E-state index contributed by atoms with van der Waals surface area (Å²) in [4.78, 5) is 0. The summed E-state index contributed by atoms with van der Waals surface area (Å²) in [5, 5.41) is 0.948. The third-order valence-electron chi connectivity index (χ3n) is 1.95. The van der Waals surface area contributed by atoms with E-state index in [1.54, 1.807) is 11.9 Å². The van der Waals surface area contributed by atoms with Crippen LogP contribution < -0.4 is 4.31 Å². The summed E-state index contributed by atoms with van der Waals surface area (Å²) in [6, 6.07) is 8.31. The number of anilines is 1. The van der Waals surface area contributed by atoms with Crippen molar-refractivity contribution in [3.8, 4) is 0 Å². The van der Waals surface area contributed by atoms with Crippen LogP contribution in [-0.2, 0) is 0 Å². The van der Waals surface area contributed by atoms with Crippen molar-refractivity contribution in [2.45, 2.75) is 0 Å². The highest BCUT2D eigenvalue weighted by Gasteiger charge is 2.11. The van der Waals surface area contributed by atoms with Crippen LogP contribution in [0.5, 0.6) is 0 Å². The number of rotatable bonds is 1. The molecule has 1 nitrogen and oxygen atoms in total. The van der Waals surface area contributed by atoms with Crippen molar-refractivity contribution in [1.29, 1.82) is 0 Å². The van der Waals surface area contributed by atoms with Gasteiger partial charge in [0.05, 0.1) is 0 Å². The van der Waals surface area contributed by atoms with Gasteiger partial charge in [0.2, 0.25) is 0 Å². The van der Waals surface area contributed by atoms with E-state index in [4.69, 9.17) is 11.6 Å². The molecule has 1 aliphatic heterocycles. The molecule has 0 spiro atoms. The maximum atomic E-state index is 5.90. The highest BCUT2D eigenvalue weighted by molar-refractivity contribution is 9.10. The molecule has 0 saturated heterocycles. The molecule has 1 heterocycles. The Morgan fingerprint density at radius 1 is 1.29 bits per heavy atom. The molecule has 0 amide bonds. The van der Waals surface area contributed by atoms with E-state index in [0.29, 0.717) is 0 Å². The van der Waals surface area contributed by atoms with Crippen LogP contribution in [0.15, 0.2) is 39.8 Å². The van der Waals surface area contributed by atoms with E-state index in [9.17, 15) is 0 Å². The van der Waals surface area contributed by atoms with Crippen molar-refractivity contribution in [2.75, 3.05) is 16.6 Å². The highest BCUT2D eigenvalue weighted by Crippen LogP contribution is 2.29. The molecule has 1 aromatic rings. The molecule has 0 aliphatic carbocycles. The summed E-state index contributed by atoms with van der Waals surface area (Å²) in [5.74, 6) is 0.873. The Bertz CT molecular complexity index is 350. The topological polar surface area (TPSA) is 3.24 Å². The molecule has 0 bridgehead atoms. The maximum Gasteiger partial charge on any atom is 0.0491 e. The van der Waals surface area contributed by atoms with Gasteiger partial charge in [-0.05, 0) is 42.3 Å². The first kappa shape index (κ1) is 10.4. The minimum absolute atomic E-state index is 0.873. The van der Waals surface area contributed by atoms with Gasteiger partial charge < -0.3 is 4.31 Å². The summed E-state index contributed by atoms with van der Waals surface area (Å²) in [5.41, 5.74) is 1.22. The van der Waals surface area contributed by atoms with Crippen LogP contribution in [0.25, 0.3) is 0 Å². The zero-order chi connectivity index (χ0) is 9.97. The molecule has 74 valence electrons. The fourth-order valence-electron chi connectivity index (χ4n) is 1.22. The summed E-state index contributed by atoms with van der Waals surface area (Å²) < 4.78 is 3.34. The van der Waals surface area contributed by atoms with Crippen LogP contribution in [-0.4, -0.2) is 12.3 Å². The normalized spacial score (nSPS) is 16.7. The third-order valence-corrected chi connectivity index (χ3v) is 4.04. The first-order valence-electron chi connectivity index (χ1n) is 4.26. The Morgan fingerprint density at radius 3 is 2.57 bits per heavy atom. The van der Waals surface area contributed by atoms with Crippen molar-refractivity contribution in [2.24, 2.45) is 0 Å². The molecule has 0 atom stereocenters. The second kappa shape index (κ2) is 4.60. The van der Waals surface area contributed by atoms with E-state index in [2.05, 4.69) is 50.6 Å². The predicted molar refractivity (Wildman–Crippen MR) is 67.9 cm³/mol. The van der Waals surface area contributed by atoms with Gasteiger partial charge >= 0.3 is 0 Å². The average molecular weight is 291 g/mol. The second-order valence-electron chi connectivity index (χ2n) is 2.96. The van der Waals surface area contributed by atoms with Gasteiger partial charge in [-0.15, -0.1) is 0 Å². The summed E-state index contributed by atoms with van der Waals surface area (Å²) in [6.45, 7) is 0.880. The van der Waals surface area contributed by atoms with E-state index in [-0.39, 0.29) is 0 Å². The molecule has 0 unspecified atom stereocenters. The maximum absolute atomic E-state index is 5.90. The van der Waals surface area contributed by atoms with Gasteiger partial charge in [0.15, 0.2) is 0 Å². The first-order chi connectivity index (χ1) is 6.75. The predicted octanol–water partition coefficient (Wildman–Crippen LogP) is 4.04. The molecular formula is C10H9BrClNS. The Labute approximate surface area is 101 Å². The molecule has 4 heteroatoms. The molecule has 1 aliphatic rings. The zero-order valence-corrected chi connectivity index (χ0v) is 10.6. The van der Waals surface area contributed by atoms with Crippen molar-refractivity contribution in [1.82, 2.24) is 0 Å².